The van der Waals surface area contributed by atoms with Gasteiger partial charge in [-0.1, -0.05) is 19.1 Å². The van der Waals surface area contributed by atoms with E-state index in [1.807, 2.05) is 13.0 Å². The summed E-state index contributed by atoms with van der Waals surface area (Å²) in [6.45, 7) is 3.02. The van der Waals surface area contributed by atoms with Gasteiger partial charge in [-0.3, -0.25) is 19.2 Å². The van der Waals surface area contributed by atoms with Crippen LogP contribution in [0.3, 0.4) is 0 Å². The summed E-state index contributed by atoms with van der Waals surface area (Å²) in [7, 11) is 0. The molecule has 2 heterocycles. The molecule has 0 N–H and O–H groups in total. The van der Waals surface area contributed by atoms with E-state index < -0.39 is 0 Å². The number of fused-ring (bicyclic) bond motifs is 1. The van der Waals surface area contributed by atoms with Crippen molar-refractivity contribution < 1.29 is 9.59 Å². The summed E-state index contributed by atoms with van der Waals surface area (Å²) in [5, 5.41) is 13.2. The fourth-order valence-corrected chi connectivity index (χ4v) is 2.79. The van der Waals surface area contributed by atoms with E-state index in [9.17, 15) is 9.59 Å². The van der Waals surface area contributed by atoms with Crippen LogP contribution in [0.5, 0.6) is 0 Å². The molecule has 1 aromatic heterocycles. The lowest BCUT2D eigenvalue weighted by Crippen LogP contribution is -2.32. The van der Waals surface area contributed by atoms with Gasteiger partial charge in [0.15, 0.2) is 5.69 Å². The van der Waals surface area contributed by atoms with Crippen molar-refractivity contribution in [2.45, 2.75) is 26.3 Å². The second-order valence-corrected chi connectivity index (χ2v) is 5.41. The molecule has 3 rings (SSSR count). The molecule has 0 bridgehead atoms. The maximum atomic E-state index is 12.3. The second kappa shape index (κ2) is 6.05. The Hall–Kier alpha value is -2.94. The normalized spacial score (nSPS) is 13.3. The van der Waals surface area contributed by atoms with Crippen molar-refractivity contribution in [3.05, 3.63) is 52.8 Å². The van der Waals surface area contributed by atoms with E-state index in [4.69, 9.17) is 5.26 Å². The molecule has 0 saturated heterocycles. The Bertz CT molecular complexity index is 781. The third kappa shape index (κ3) is 2.61. The van der Waals surface area contributed by atoms with Gasteiger partial charge in [-0.15, -0.1) is 0 Å². The third-order valence-corrected chi connectivity index (χ3v) is 3.88. The Balaban J connectivity index is 1.78. The number of carbonyl (C=O) groups is 2. The minimum absolute atomic E-state index is 0.257. The molecule has 6 heteroatoms. The van der Waals surface area contributed by atoms with Gasteiger partial charge >= 0.3 is 0 Å². The number of aromatic nitrogens is 2. The highest BCUT2D eigenvalue weighted by Crippen LogP contribution is 2.22. The molecule has 1 aromatic carbocycles. The van der Waals surface area contributed by atoms with Crippen LogP contribution in [-0.2, 0) is 13.0 Å². The molecule has 0 unspecified atom stereocenters. The molecular weight excluding hydrogens is 292 g/mol. The number of hydrogen-bond donors (Lipinski definition) is 0. The average molecular weight is 308 g/mol. The molecule has 0 radical (unpaired) electrons. The third-order valence-electron chi connectivity index (χ3n) is 3.88. The van der Waals surface area contributed by atoms with E-state index >= 15 is 0 Å². The first-order valence-corrected chi connectivity index (χ1v) is 7.57. The maximum Gasteiger partial charge on any atom is 0.261 e. The van der Waals surface area contributed by atoms with Crippen molar-refractivity contribution in [3.63, 3.8) is 0 Å². The minimum Gasteiger partial charge on any atom is -0.274 e. The highest BCUT2D eigenvalue weighted by Gasteiger charge is 2.34. The molecule has 2 aromatic rings. The minimum atomic E-state index is -0.257. The fourth-order valence-electron chi connectivity index (χ4n) is 2.79. The van der Waals surface area contributed by atoms with Crippen molar-refractivity contribution in [2.75, 3.05) is 6.54 Å². The summed E-state index contributed by atoms with van der Waals surface area (Å²) in [6.07, 6.45) is 1.38. The van der Waals surface area contributed by atoms with Crippen LogP contribution in [0.4, 0.5) is 0 Å². The van der Waals surface area contributed by atoms with Crippen LogP contribution < -0.4 is 0 Å². The van der Waals surface area contributed by atoms with Crippen molar-refractivity contribution in [3.8, 4) is 6.07 Å². The molecule has 0 atom stereocenters. The van der Waals surface area contributed by atoms with Gasteiger partial charge in [-0.25, -0.2) is 0 Å². The van der Waals surface area contributed by atoms with Crippen LogP contribution in [0.1, 0.15) is 45.4 Å². The molecule has 0 aliphatic carbocycles. The number of aryl methyl sites for hydroxylation is 1. The van der Waals surface area contributed by atoms with Gasteiger partial charge in [0.1, 0.15) is 6.07 Å². The van der Waals surface area contributed by atoms with E-state index in [1.54, 1.807) is 35.0 Å². The number of nitriles is 1. The monoisotopic (exact) mass is 308 g/mol. The topological polar surface area (TPSA) is 79.0 Å². The van der Waals surface area contributed by atoms with Gasteiger partial charge < -0.3 is 0 Å². The lowest BCUT2D eigenvalue weighted by molar-refractivity contribution is 0.0655. The quantitative estimate of drug-likeness (QED) is 0.791. The lowest BCUT2D eigenvalue weighted by Gasteiger charge is -2.14. The van der Waals surface area contributed by atoms with E-state index in [2.05, 4.69) is 5.10 Å². The van der Waals surface area contributed by atoms with Crippen molar-refractivity contribution in [1.82, 2.24) is 14.7 Å². The number of hydrogen-bond acceptors (Lipinski definition) is 4. The summed E-state index contributed by atoms with van der Waals surface area (Å²) in [4.78, 5) is 25.9. The SMILES string of the molecule is CCCn1nc(C#N)cc1CCN1C(=O)c2ccccc2C1=O. The van der Waals surface area contributed by atoms with Crippen LogP contribution in [0, 0.1) is 11.3 Å². The summed E-state index contributed by atoms with van der Waals surface area (Å²) in [5.74, 6) is -0.514. The summed E-state index contributed by atoms with van der Waals surface area (Å²) >= 11 is 0. The number of benzene rings is 1. The molecule has 0 saturated carbocycles. The Kier molecular flexibility index (Phi) is 3.94. The molecule has 0 spiro atoms. The standard InChI is InChI=1S/C17H16N4O2/c1-2-8-21-13(10-12(11-18)19-21)7-9-20-16(22)14-5-3-4-6-15(14)17(20)23/h3-6,10H,2,7-9H2,1H3. The first-order chi connectivity index (χ1) is 11.2. The fraction of sp³-hybridized carbons (Fsp3) is 0.294. The second-order valence-electron chi connectivity index (χ2n) is 5.41. The Labute approximate surface area is 133 Å². The highest BCUT2D eigenvalue weighted by molar-refractivity contribution is 6.21. The van der Waals surface area contributed by atoms with E-state index in [1.165, 1.54) is 4.90 Å². The number of carbonyl (C=O) groups excluding carboxylic acids is 2. The zero-order valence-corrected chi connectivity index (χ0v) is 12.8. The average Bonchev–Trinajstić information content (AvgIpc) is 3.07. The Morgan fingerprint density at radius 1 is 1.13 bits per heavy atom. The van der Waals surface area contributed by atoms with Gasteiger partial charge in [0.2, 0.25) is 0 Å². The first-order valence-electron chi connectivity index (χ1n) is 7.57. The smallest absolute Gasteiger partial charge is 0.261 e. The Morgan fingerprint density at radius 2 is 1.78 bits per heavy atom. The highest BCUT2D eigenvalue weighted by atomic mass is 16.2. The van der Waals surface area contributed by atoms with Crippen LogP contribution in [0.15, 0.2) is 30.3 Å². The summed E-state index contributed by atoms with van der Waals surface area (Å²) in [5.41, 5.74) is 2.13. The molecule has 2 amide bonds. The van der Waals surface area contributed by atoms with Crippen LogP contribution in [0.25, 0.3) is 0 Å². The number of nitrogens with zero attached hydrogens (tertiary/aromatic N) is 4. The van der Waals surface area contributed by atoms with Gasteiger partial charge in [0.25, 0.3) is 11.8 Å². The molecular formula is C17H16N4O2. The Morgan fingerprint density at radius 3 is 2.35 bits per heavy atom. The molecule has 1 aliphatic rings. The predicted octanol–water partition coefficient (Wildman–Crippen LogP) is 2.00. The van der Waals surface area contributed by atoms with Crippen molar-refractivity contribution in [1.29, 1.82) is 5.26 Å². The largest absolute Gasteiger partial charge is 0.274 e. The van der Waals surface area contributed by atoms with E-state index in [0.29, 0.717) is 29.8 Å². The lowest BCUT2D eigenvalue weighted by atomic mass is 10.1. The maximum absolute atomic E-state index is 12.3. The van der Waals surface area contributed by atoms with Gasteiger partial charge in [0, 0.05) is 25.2 Å². The van der Waals surface area contributed by atoms with Crippen molar-refractivity contribution >= 4 is 11.8 Å². The van der Waals surface area contributed by atoms with E-state index in [0.717, 1.165) is 12.1 Å². The summed E-state index contributed by atoms with van der Waals surface area (Å²) < 4.78 is 1.77. The predicted molar refractivity (Wildman–Crippen MR) is 82.7 cm³/mol. The zero-order valence-electron chi connectivity index (χ0n) is 12.8. The van der Waals surface area contributed by atoms with Gasteiger partial charge in [-0.05, 0) is 24.6 Å². The summed E-state index contributed by atoms with van der Waals surface area (Å²) in [6, 6.07) is 10.6. The number of rotatable bonds is 5. The number of imide groups is 1. The van der Waals surface area contributed by atoms with Crippen LogP contribution in [0.2, 0.25) is 0 Å². The molecule has 1 aliphatic heterocycles. The molecule has 0 fully saturated rings. The van der Waals surface area contributed by atoms with Crippen molar-refractivity contribution in [2.24, 2.45) is 0 Å². The molecule has 23 heavy (non-hydrogen) atoms. The van der Waals surface area contributed by atoms with E-state index in [-0.39, 0.29) is 18.4 Å². The molecule has 6 nitrogen and oxygen atoms in total. The molecule has 116 valence electrons. The number of amides is 2. The van der Waals surface area contributed by atoms with Gasteiger partial charge in [-0.2, -0.15) is 10.4 Å². The first kappa shape index (κ1) is 15.0. The van der Waals surface area contributed by atoms with Crippen LogP contribution in [-0.4, -0.2) is 33.0 Å². The van der Waals surface area contributed by atoms with Crippen LogP contribution >= 0.6 is 0 Å². The zero-order chi connectivity index (χ0) is 16.4. The van der Waals surface area contributed by atoms with Gasteiger partial charge in [0.05, 0.1) is 11.1 Å².